The number of carbonyl (C=O) groups excluding carboxylic acids is 1. The van der Waals surface area contributed by atoms with Gasteiger partial charge in [0.05, 0.1) is 18.3 Å². The number of nitrogens with zero attached hydrogens (tertiary/aromatic N) is 1. The van der Waals surface area contributed by atoms with Crippen LogP contribution in [0.4, 0.5) is 4.79 Å². The highest BCUT2D eigenvalue weighted by Gasteiger charge is 2.13. The summed E-state index contributed by atoms with van der Waals surface area (Å²) in [5.74, 6) is 0.675. The van der Waals surface area contributed by atoms with Crippen LogP contribution in [0.2, 0.25) is 0 Å². The van der Waals surface area contributed by atoms with Gasteiger partial charge in [-0.25, -0.2) is 9.78 Å². The average Bonchev–Trinajstić information content (AvgIpc) is 3.06. The zero-order valence-electron chi connectivity index (χ0n) is 13.5. The summed E-state index contributed by atoms with van der Waals surface area (Å²) in [5, 5.41) is 15.2. The number of rotatable bonds is 7. The lowest BCUT2D eigenvalue weighted by Crippen LogP contribution is -2.41. The Bertz CT molecular complexity index is 613. The fraction of sp³-hybridized carbons (Fsp3) is 0.412. The quantitative estimate of drug-likeness (QED) is 0.732. The second-order valence-electron chi connectivity index (χ2n) is 5.53. The van der Waals surface area contributed by atoms with Gasteiger partial charge in [0.25, 0.3) is 0 Å². The van der Waals surface area contributed by atoms with Crippen molar-refractivity contribution < 1.29 is 14.3 Å². The van der Waals surface area contributed by atoms with E-state index in [1.807, 2.05) is 44.2 Å². The van der Waals surface area contributed by atoms with E-state index < -0.39 is 6.10 Å². The maximum Gasteiger partial charge on any atom is 0.315 e. The van der Waals surface area contributed by atoms with Crippen molar-refractivity contribution in [3.63, 3.8) is 0 Å². The summed E-state index contributed by atoms with van der Waals surface area (Å²) in [7, 11) is 0. The summed E-state index contributed by atoms with van der Waals surface area (Å²) in [5.41, 5.74) is 1.53. The predicted octanol–water partition coefficient (Wildman–Crippen LogP) is 2.55. The second-order valence-corrected chi connectivity index (χ2v) is 5.53. The van der Waals surface area contributed by atoms with Crippen LogP contribution in [0.15, 0.2) is 41.0 Å². The summed E-state index contributed by atoms with van der Waals surface area (Å²) < 4.78 is 5.40. The first-order chi connectivity index (χ1) is 11.1. The minimum absolute atomic E-state index is 0.152. The topological polar surface area (TPSA) is 87.4 Å². The third kappa shape index (κ3) is 5.10. The SMILES string of the molecule is CCC(C)C(O)CNC(=O)NCc1coc(-c2ccccc2)n1. The van der Waals surface area contributed by atoms with Crippen molar-refractivity contribution in [1.82, 2.24) is 15.6 Å². The van der Waals surface area contributed by atoms with Crippen LogP contribution in [-0.4, -0.2) is 28.8 Å². The summed E-state index contributed by atoms with van der Waals surface area (Å²) in [4.78, 5) is 16.0. The van der Waals surface area contributed by atoms with Gasteiger partial charge in [0, 0.05) is 12.1 Å². The number of hydrogen-bond acceptors (Lipinski definition) is 4. The van der Waals surface area contributed by atoms with Crippen LogP contribution in [-0.2, 0) is 6.54 Å². The van der Waals surface area contributed by atoms with Crippen LogP contribution in [0.3, 0.4) is 0 Å². The molecular formula is C17H23N3O3. The highest BCUT2D eigenvalue weighted by molar-refractivity contribution is 5.73. The molecule has 1 heterocycles. The fourth-order valence-corrected chi connectivity index (χ4v) is 2.01. The Kier molecular flexibility index (Phi) is 6.17. The molecule has 0 fully saturated rings. The van der Waals surface area contributed by atoms with Crippen molar-refractivity contribution in [3.05, 3.63) is 42.3 Å². The highest BCUT2D eigenvalue weighted by Crippen LogP contribution is 2.17. The molecule has 0 aliphatic carbocycles. The Morgan fingerprint density at radius 3 is 2.74 bits per heavy atom. The molecule has 2 atom stereocenters. The van der Waals surface area contributed by atoms with Gasteiger partial charge in [-0.1, -0.05) is 38.5 Å². The minimum Gasteiger partial charge on any atom is -0.444 e. The smallest absolute Gasteiger partial charge is 0.315 e. The molecule has 0 saturated heterocycles. The van der Waals surface area contributed by atoms with Crippen LogP contribution in [0.25, 0.3) is 11.5 Å². The third-order valence-electron chi connectivity index (χ3n) is 3.78. The molecule has 0 radical (unpaired) electrons. The van der Waals surface area contributed by atoms with Crippen LogP contribution in [0.5, 0.6) is 0 Å². The van der Waals surface area contributed by atoms with Crippen molar-refractivity contribution >= 4 is 6.03 Å². The molecule has 0 saturated carbocycles. The lowest BCUT2D eigenvalue weighted by atomic mass is 10.0. The normalized spacial score (nSPS) is 13.3. The number of hydrogen-bond donors (Lipinski definition) is 3. The molecule has 2 rings (SSSR count). The molecule has 0 spiro atoms. The molecule has 2 aromatic rings. The summed E-state index contributed by atoms with van der Waals surface area (Å²) in [6.07, 6.45) is 1.85. The average molecular weight is 317 g/mol. The summed E-state index contributed by atoms with van der Waals surface area (Å²) in [6, 6.07) is 9.23. The Morgan fingerprint density at radius 1 is 1.30 bits per heavy atom. The van der Waals surface area contributed by atoms with Gasteiger partial charge < -0.3 is 20.2 Å². The molecule has 0 aliphatic rings. The molecule has 6 nitrogen and oxygen atoms in total. The fourth-order valence-electron chi connectivity index (χ4n) is 2.01. The van der Waals surface area contributed by atoms with E-state index in [-0.39, 0.29) is 25.0 Å². The van der Waals surface area contributed by atoms with Gasteiger partial charge in [-0.3, -0.25) is 0 Å². The molecule has 0 bridgehead atoms. The molecule has 23 heavy (non-hydrogen) atoms. The Hall–Kier alpha value is -2.34. The lowest BCUT2D eigenvalue weighted by molar-refractivity contribution is 0.114. The number of carbonyl (C=O) groups is 1. The maximum absolute atomic E-state index is 11.7. The second kappa shape index (κ2) is 8.33. The van der Waals surface area contributed by atoms with Gasteiger partial charge in [-0.2, -0.15) is 0 Å². The van der Waals surface area contributed by atoms with E-state index in [1.165, 1.54) is 6.26 Å². The van der Waals surface area contributed by atoms with Crippen LogP contribution < -0.4 is 10.6 Å². The number of urea groups is 1. The molecular weight excluding hydrogens is 294 g/mol. The van der Waals surface area contributed by atoms with Gasteiger partial charge in [0.15, 0.2) is 0 Å². The van der Waals surface area contributed by atoms with Crippen LogP contribution in [0.1, 0.15) is 26.0 Å². The first kappa shape index (κ1) is 17.0. The van der Waals surface area contributed by atoms with E-state index in [4.69, 9.17) is 4.42 Å². The first-order valence-corrected chi connectivity index (χ1v) is 7.79. The van der Waals surface area contributed by atoms with Gasteiger partial charge in [0.1, 0.15) is 6.26 Å². The molecule has 6 heteroatoms. The predicted molar refractivity (Wildman–Crippen MR) is 87.6 cm³/mol. The molecule has 2 amide bonds. The Balaban J connectivity index is 1.78. The van der Waals surface area contributed by atoms with Gasteiger partial charge in [-0.15, -0.1) is 0 Å². The van der Waals surface area contributed by atoms with E-state index in [0.717, 1.165) is 12.0 Å². The van der Waals surface area contributed by atoms with Gasteiger partial charge in [0.2, 0.25) is 5.89 Å². The number of oxazole rings is 1. The summed E-state index contributed by atoms with van der Waals surface area (Å²) >= 11 is 0. The zero-order valence-corrected chi connectivity index (χ0v) is 13.5. The van der Waals surface area contributed by atoms with Crippen molar-refractivity contribution in [2.24, 2.45) is 5.92 Å². The van der Waals surface area contributed by atoms with Gasteiger partial charge >= 0.3 is 6.03 Å². The van der Waals surface area contributed by atoms with Crippen molar-refractivity contribution in [2.45, 2.75) is 32.9 Å². The van der Waals surface area contributed by atoms with E-state index >= 15 is 0 Å². The summed E-state index contributed by atoms with van der Waals surface area (Å²) in [6.45, 7) is 4.45. The monoisotopic (exact) mass is 317 g/mol. The van der Waals surface area contributed by atoms with E-state index in [2.05, 4.69) is 15.6 Å². The number of benzene rings is 1. The molecule has 124 valence electrons. The molecule has 3 N–H and O–H groups in total. The van der Waals surface area contributed by atoms with Crippen LogP contribution in [0, 0.1) is 5.92 Å². The number of aliphatic hydroxyl groups excluding tert-OH is 1. The van der Waals surface area contributed by atoms with Crippen molar-refractivity contribution in [3.8, 4) is 11.5 Å². The number of aromatic nitrogens is 1. The number of amides is 2. The van der Waals surface area contributed by atoms with Crippen molar-refractivity contribution in [2.75, 3.05) is 6.54 Å². The standard InChI is InChI=1S/C17H23N3O3/c1-3-12(2)15(21)10-19-17(22)18-9-14-11-23-16(20-14)13-7-5-4-6-8-13/h4-8,11-12,15,21H,3,9-10H2,1-2H3,(H2,18,19,22). The largest absolute Gasteiger partial charge is 0.444 e. The Labute approximate surface area is 135 Å². The number of aliphatic hydroxyl groups is 1. The van der Waals surface area contributed by atoms with E-state index in [0.29, 0.717) is 11.6 Å². The zero-order chi connectivity index (χ0) is 16.7. The van der Waals surface area contributed by atoms with Gasteiger partial charge in [-0.05, 0) is 18.1 Å². The molecule has 1 aromatic heterocycles. The Morgan fingerprint density at radius 2 is 2.04 bits per heavy atom. The third-order valence-corrected chi connectivity index (χ3v) is 3.78. The van der Waals surface area contributed by atoms with Crippen LogP contribution >= 0.6 is 0 Å². The number of nitrogens with one attached hydrogen (secondary N) is 2. The first-order valence-electron chi connectivity index (χ1n) is 7.79. The molecule has 0 aliphatic heterocycles. The van der Waals surface area contributed by atoms with E-state index in [9.17, 15) is 9.90 Å². The molecule has 1 aromatic carbocycles. The minimum atomic E-state index is -0.539. The van der Waals surface area contributed by atoms with E-state index in [1.54, 1.807) is 0 Å². The van der Waals surface area contributed by atoms with Crippen molar-refractivity contribution in [1.29, 1.82) is 0 Å². The highest BCUT2D eigenvalue weighted by atomic mass is 16.3. The maximum atomic E-state index is 11.7. The lowest BCUT2D eigenvalue weighted by Gasteiger charge is -2.17. The molecule has 2 unspecified atom stereocenters.